The lowest BCUT2D eigenvalue weighted by molar-refractivity contribution is 0.0526. The van der Waals surface area contributed by atoms with E-state index in [1.807, 2.05) is 6.07 Å². The van der Waals surface area contributed by atoms with Gasteiger partial charge in [0.05, 0.1) is 25.6 Å². The largest absolute Gasteiger partial charge is 0.497 e. The highest BCUT2D eigenvalue weighted by molar-refractivity contribution is 5.91. The SMILES string of the molecule is CCOC(=O)c1cnn(-c2cccc(OC)c2)c1C#N. The molecule has 0 fully saturated rings. The molecule has 20 heavy (non-hydrogen) atoms. The van der Waals surface area contributed by atoms with Crippen LogP contribution in [0.1, 0.15) is 23.0 Å². The minimum atomic E-state index is -0.557. The van der Waals surface area contributed by atoms with Crippen LogP contribution in [0.4, 0.5) is 0 Å². The fourth-order valence-corrected chi connectivity index (χ4v) is 1.75. The van der Waals surface area contributed by atoms with Crippen molar-refractivity contribution in [3.63, 3.8) is 0 Å². The Morgan fingerprint density at radius 2 is 2.30 bits per heavy atom. The molecule has 1 heterocycles. The summed E-state index contributed by atoms with van der Waals surface area (Å²) in [6.07, 6.45) is 1.33. The van der Waals surface area contributed by atoms with Crippen LogP contribution >= 0.6 is 0 Å². The number of carbonyl (C=O) groups excluding carboxylic acids is 1. The van der Waals surface area contributed by atoms with E-state index in [-0.39, 0.29) is 17.9 Å². The smallest absolute Gasteiger partial charge is 0.342 e. The van der Waals surface area contributed by atoms with E-state index in [2.05, 4.69) is 5.10 Å². The van der Waals surface area contributed by atoms with E-state index in [1.54, 1.807) is 38.3 Å². The monoisotopic (exact) mass is 271 g/mol. The summed E-state index contributed by atoms with van der Waals surface area (Å²) in [5, 5.41) is 13.3. The van der Waals surface area contributed by atoms with Crippen LogP contribution in [0.25, 0.3) is 5.69 Å². The Morgan fingerprint density at radius 1 is 1.50 bits per heavy atom. The number of esters is 1. The number of methoxy groups -OCH3 is 1. The van der Waals surface area contributed by atoms with Gasteiger partial charge in [0.25, 0.3) is 0 Å². The molecule has 1 aromatic carbocycles. The average molecular weight is 271 g/mol. The van der Waals surface area contributed by atoms with Gasteiger partial charge in [-0.3, -0.25) is 0 Å². The molecule has 102 valence electrons. The van der Waals surface area contributed by atoms with Crippen LogP contribution in [0, 0.1) is 11.3 Å². The van der Waals surface area contributed by atoms with Crippen molar-refractivity contribution in [2.75, 3.05) is 13.7 Å². The standard InChI is InChI=1S/C14H13N3O3/c1-3-20-14(18)12-9-16-17(13(12)8-15)10-5-4-6-11(7-10)19-2/h4-7,9H,3H2,1-2H3. The summed E-state index contributed by atoms with van der Waals surface area (Å²) < 4.78 is 11.4. The lowest BCUT2D eigenvalue weighted by Gasteiger charge is -2.06. The number of carbonyl (C=O) groups is 1. The average Bonchev–Trinajstić information content (AvgIpc) is 2.91. The van der Waals surface area contributed by atoms with Gasteiger partial charge in [0.2, 0.25) is 0 Å². The maximum atomic E-state index is 11.7. The molecule has 2 aromatic rings. The zero-order valence-electron chi connectivity index (χ0n) is 11.2. The molecule has 6 nitrogen and oxygen atoms in total. The number of hydrogen-bond acceptors (Lipinski definition) is 5. The first-order valence-corrected chi connectivity index (χ1v) is 6.01. The van der Waals surface area contributed by atoms with Crippen LogP contribution < -0.4 is 4.74 Å². The lowest BCUT2D eigenvalue weighted by atomic mass is 10.2. The van der Waals surface area contributed by atoms with Gasteiger partial charge in [-0.2, -0.15) is 10.4 Å². The topological polar surface area (TPSA) is 77.1 Å². The van der Waals surface area contributed by atoms with E-state index < -0.39 is 5.97 Å². The molecule has 0 aliphatic heterocycles. The number of aromatic nitrogens is 2. The van der Waals surface area contributed by atoms with Gasteiger partial charge in [-0.05, 0) is 19.1 Å². The number of nitriles is 1. The van der Waals surface area contributed by atoms with E-state index in [9.17, 15) is 10.1 Å². The molecule has 0 spiro atoms. The third-order valence-corrected chi connectivity index (χ3v) is 2.67. The van der Waals surface area contributed by atoms with E-state index >= 15 is 0 Å². The Labute approximate surface area is 116 Å². The summed E-state index contributed by atoms with van der Waals surface area (Å²) in [6, 6.07) is 9.03. The number of hydrogen-bond donors (Lipinski definition) is 0. The quantitative estimate of drug-likeness (QED) is 0.794. The molecular formula is C14H13N3O3. The summed E-state index contributed by atoms with van der Waals surface area (Å²) in [6.45, 7) is 1.95. The van der Waals surface area contributed by atoms with Gasteiger partial charge < -0.3 is 9.47 Å². The van der Waals surface area contributed by atoms with Crippen molar-refractivity contribution in [2.24, 2.45) is 0 Å². The van der Waals surface area contributed by atoms with E-state index in [1.165, 1.54) is 10.9 Å². The van der Waals surface area contributed by atoms with Crippen LogP contribution in [-0.2, 0) is 4.74 Å². The van der Waals surface area contributed by atoms with E-state index in [0.29, 0.717) is 11.4 Å². The summed E-state index contributed by atoms with van der Waals surface area (Å²) in [5.41, 5.74) is 0.922. The van der Waals surface area contributed by atoms with Gasteiger partial charge in [0.15, 0.2) is 5.69 Å². The zero-order valence-corrected chi connectivity index (χ0v) is 11.2. The van der Waals surface area contributed by atoms with E-state index in [4.69, 9.17) is 9.47 Å². The third kappa shape index (κ3) is 2.47. The van der Waals surface area contributed by atoms with Gasteiger partial charge in [0, 0.05) is 6.07 Å². The second kappa shape index (κ2) is 5.89. The van der Waals surface area contributed by atoms with E-state index in [0.717, 1.165) is 0 Å². The highest BCUT2D eigenvalue weighted by atomic mass is 16.5. The lowest BCUT2D eigenvalue weighted by Crippen LogP contribution is -2.07. The molecule has 0 N–H and O–H groups in total. The van der Waals surface area contributed by atoms with Crippen molar-refractivity contribution < 1.29 is 14.3 Å². The minimum Gasteiger partial charge on any atom is -0.497 e. The molecule has 0 atom stereocenters. The van der Waals surface area contributed by atoms with Gasteiger partial charge in [0.1, 0.15) is 17.4 Å². The molecule has 2 rings (SSSR count). The third-order valence-electron chi connectivity index (χ3n) is 2.67. The van der Waals surface area contributed by atoms with Crippen LogP contribution in [0.15, 0.2) is 30.5 Å². The number of nitrogens with zero attached hydrogens (tertiary/aromatic N) is 3. The van der Waals surface area contributed by atoms with Crippen LogP contribution in [-0.4, -0.2) is 29.5 Å². The number of benzene rings is 1. The molecule has 0 saturated heterocycles. The fourth-order valence-electron chi connectivity index (χ4n) is 1.75. The molecule has 0 bridgehead atoms. The molecule has 0 unspecified atom stereocenters. The predicted molar refractivity (Wildman–Crippen MR) is 70.8 cm³/mol. The predicted octanol–water partition coefficient (Wildman–Crippen LogP) is 1.93. The van der Waals surface area contributed by atoms with Crippen LogP contribution in [0.3, 0.4) is 0 Å². The molecular weight excluding hydrogens is 258 g/mol. The first-order chi connectivity index (χ1) is 9.71. The Bertz CT molecular complexity index is 671. The van der Waals surface area contributed by atoms with Gasteiger partial charge in [-0.1, -0.05) is 6.07 Å². The Kier molecular flexibility index (Phi) is 4.01. The van der Waals surface area contributed by atoms with Crippen molar-refractivity contribution in [1.82, 2.24) is 9.78 Å². The summed E-state index contributed by atoms with van der Waals surface area (Å²) in [4.78, 5) is 11.7. The zero-order chi connectivity index (χ0) is 14.5. The van der Waals surface area contributed by atoms with Crippen molar-refractivity contribution in [2.45, 2.75) is 6.92 Å². The highest BCUT2D eigenvalue weighted by Gasteiger charge is 2.19. The molecule has 0 amide bonds. The first kappa shape index (κ1) is 13.6. The Hall–Kier alpha value is -2.81. The molecule has 0 radical (unpaired) electrons. The van der Waals surface area contributed by atoms with Gasteiger partial charge >= 0.3 is 5.97 Å². The Morgan fingerprint density at radius 3 is 2.95 bits per heavy atom. The minimum absolute atomic E-state index is 0.136. The molecule has 1 aromatic heterocycles. The van der Waals surface area contributed by atoms with Crippen LogP contribution in [0.2, 0.25) is 0 Å². The number of ether oxygens (including phenoxy) is 2. The van der Waals surface area contributed by atoms with Crippen molar-refractivity contribution >= 4 is 5.97 Å². The van der Waals surface area contributed by atoms with Gasteiger partial charge in [-0.25, -0.2) is 9.48 Å². The maximum absolute atomic E-state index is 11.7. The molecule has 0 saturated carbocycles. The van der Waals surface area contributed by atoms with Crippen molar-refractivity contribution in [1.29, 1.82) is 5.26 Å². The normalized spacial score (nSPS) is 9.85. The molecule has 6 heteroatoms. The van der Waals surface area contributed by atoms with Crippen molar-refractivity contribution in [3.05, 3.63) is 41.7 Å². The second-order valence-corrected chi connectivity index (χ2v) is 3.85. The molecule has 0 aliphatic carbocycles. The summed E-state index contributed by atoms with van der Waals surface area (Å²) >= 11 is 0. The second-order valence-electron chi connectivity index (χ2n) is 3.85. The summed E-state index contributed by atoms with van der Waals surface area (Å²) in [5.74, 6) is 0.0813. The van der Waals surface area contributed by atoms with Crippen LogP contribution in [0.5, 0.6) is 5.75 Å². The highest BCUT2D eigenvalue weighted by Crippen LogP contribution is 2.19. The Balaban J connectivity index is 2.48. The summed E-state index contributed by atoms with van der Waals surface area (Å²) in [7, 11) is 1.55. The first-order valence-electron chi connectivity index (χ1n) is 6.01. The maximum Gasteiger partial charge on any atom is 0.342 e. The fraction of sp³-hybridized carbons (Fsp3) is 0.214. The molecule has 0 aliphatic rings. The van der Waals surface area contributed by atoms with Crippen molar-refractivity contribution in [3.8, 4) is 17.5 Å². The van der Waals surface area contributed by atoms with Gasteiger partial charge in [-0.15, -0.1) is 0 Å². The number of rotatable bonds is 4.